The zero-order valence-corrected chi connectivity index (χ0v) is 10.3. The first kappa shape index (κ1) is 12.0. The lowest BCUT2D eigenvalue weighted by Gasteiger charge is -2.23. The van der Waals surface area contributed by atoms with Crippen LogP contribution in [-0.2, 0) is 10.2 Å². The summed E-state index contributed by atoms with van der Waals surface area (Å²) in [6.07, 6.45) is 4.59. The number of hydrogen-bond donors (Lipinski definition) is 1. The molecule has 1 aromatic rings. The van der Waals surface area contributed by atoms with Crippen molar-refractivity contribution in [1.82, 2.24) is 20.2 Å². The molecule has 0 aliphatic heterocycles. The summed E-state index contributed by atoms with van der Waals surface area (Å²) < 4.78 is 1.68. The number of hydrogen-bond acceptors (Lipinski definition) is 4. The molecule has 1 fully saturated rings. The Labute approximate surface area is 100 Å². The molecule has 1 aromatic heterocycles. The van der Waals surface area contributed by atoms with Gasteiger partial charge in [0.2, 0.25) is 0 Å². The fourth-order valence-corrected chi connectivity index (χ4v) is 2.61. The molecule has 0 saturated heterocycles. The van der Waals surface area contributed by atoms with Gasteiger partial charge in [-0.1, -0.05) is 19.8 Å². The van der Waals surface area contributed by atoms with E-state index in [4.69, 9.17) is 5.11 Å². The van der Waals surface area contributed by atoms with E-state index < -0.39 is 5.97 Å². The highest BCUT2D eigenvalue weighted by molar-refractivity contribution is 5.67. The Kier molecular flexibility index (Phi) is 3.13. The van der Waals surface area contributed by atoms with Gasteiger partial charge in [0.25, 0.3) is 0 Å². The normalized spacial score (nSPS) is 20.4. The van der Waals surface area contributed by atoms with Crippen LogP contribution in [-0.4, -0.2) is 31.3 Å². The van der Waals surface area contributed by atoms with Gasteiger partial charge in [0.1, 0.15) is 0 Å². The Balaban J connectivity index is 2.24. The lowest BCUT2D eigenvalue weighted by Crippen LogP contribution is -2.26. The molecule has 1 saturated carbocycles. The van der Waals surface area contributed by atoms with E-state index in [-0.39, 0.29) is 17.9 Å². The zero-order valence-electron chi connectivity index (χ0n) is 10.3. The van der Waals surface area contributed by atoms with Gasteiger partial charge in [0, 0.05) is 5.41 Å². The second-order valence-corrected chi connectivity index (χ2v) is 5.16. The number of tetrazole rings is 1. The fraction of sp³-hybridized carbons (Fsp3) is 0.818. The van der Waals surface area contributed by atoms with E-state index in [0.29, 0.717) is 0 Å². The minimum absolute atomic E-state index is 0.0102. The van der Waals surface area contributed by atoms with Crippen molar-refractivity contribution in [2.45, 2.75) is 57.4 Å². The largest absolute Gasteiger partial charge is 0.481 e. The van der Waals surface area contributed by atoms with Gasteiger partial charge in [0.05, 0.1) is 12.5 Å². The van der Waals surface area contributed by atoms with Crippen LogP contribution >= 0.6 is 0 Å². The summed E-state index contributed by atoms with van der Waals surface area (Å²) in [6.45, 7) is 4.00. The quantitative estimate of drug-likeness (QED) is 0.860. The molecule has 1 N–H and O–H groups in total. The van der Waals surface area contributed by atoms with Crippen LogP contribution in [0.1, 0.15) is 57.8 Å². The lowest BCUT2D eigenvalue weighted by molar-refractivity contribution is -0.137. The lowest BCUT2D eigenvalue weighted by atomic mass is 9.87. The summed E-state index contributed by atoms with van der Waals surface area (Å²) in [5, 5.41) is 20.6. The van der Waals surface area contributed by atoms with Crippen LogP contribution in [0.2, 0.25) is 0 Å². The summed E-state index contributed by atoms with van der Waals surface area (Å²) in [7, 11) is 0. The molecular formula is C11H18N4O2. The van der Waals surface area contributed by atoms with Gasteiger partial charge in [-0.2, -0.15) is 0 Å². The smallest absolute Gasteiger partial charge is 0.305 e. The third-order valence-corrected chi connectivity index (χ3v) is 3.63. The Morgan fingerprint density at radius 2 is 2.18 bits per heavy atom. The van der Waals surface area contributed by atoms with Gasteiger partial charge in [0.15, 0.2) is 5.82 Å². The molecule has 0 aromatic carbocycles. The van der Waals surface area contributed by atoms with Crippen LogP contribution < -0.4 is 0 Å². The van der Waals surface area contributed by atoms with E-state index in [1.807, 2.05) is 6.92 Å². The average Bonchev–Trinajstić information content (AvgIpc) is 2.84. The number of nitrogens with zero attached hydrogens (tertiary/aromatic N) is 4. The number of aliphatic carboxylic acids is 1. The topological polar surface area (TPSA) is 80.9 Å². The molecule has 6 nitrogen and oxygen atoms in total. The van der Waals surface area contributed by atoms with Crippen molar-refractivity contribution >= 4 is 5.97 Å². The Morgan fingerprint density at radius 1 is 1.53 bits per heavy atom. The van der Waals surface area contributed by atoms with Crippen LogP contribution in [0.25, 0.3) is 0 Å². The maximum Gasteiger partial charge on any atom is 0.305 e. The highest BCUT2D eigenvalue weighted by Crippen LogP contribution is 2.39. The molecule has 0 spiro atoms. The molecule has 2 rings (SSSR count). The van der Waals surface area contributed by atoms with Crippen LogP contribution in [0.3, 0.4) is 0 Å². The molecule has 1 unspecified atom stereocenters. The van der Waals surface area contributed by atoms with Gasteiger partial charge in [-0.3, -0.25) is 4.79 Å². The SMILES string of the molecule is CC(CC(=O)O)n1nnnc1C1(C)CCCC1. The number of carboxylic acid groups (broad SMARTS) is 1. The number of aromatic nitrogens is 4. The van der Waals surface area contributed by atoms with E-state index in [1.54, 1.807) is 4.68 Å². The summed E-state index contributed by atoms with van der Waals surface area (Å²) in [4.78, 5) is 10.7. The second-order valence-electron chi connectivity index (χ2n) is 5.16. The Hall–Kier alpha value is -1.46. The van der Waals surface area contributed by atoms with Crippen LogP contribution in [0, 0.1) is 0 Å². The van der Waals surface area contributed by atoms with Crippen molar-refractivity contribution in [2.75, 3.05) is 0 Å². The van der Waals surface area contributed by atoms with E-state index >= 15 is 0 Å². The molecule has 0 amide bonds. The summed E-state index contributed by atoms with van der Waals surface area (Å²) >= 11 is 0. The molecule has 17 heavy (non-hydrogen) atoms. The third-order valence-electron chi connectivity index (χ3n) is 3.63. The molecule has 1 aliphatic carbocycles. The summed E-state index contributed by atoms with van der Waals surface area (Å²) in [6, 6.07) is -0.199. The van der Waals surface area contributed by atoms with Gasteiger partial charge < -0.3 is 5.11 Å². The van der Waals surface area contributed by atoms with Crippen molar-refractivity contribution in [3.8, 4) is 0 Å². The average molecular weight is 238 g/mol. The summed E-state index contributed by atoms with van der Waals surface area (Å²) in [5.74, 6) is 0.0132. The zero-order chi connectivity index (χ0) is 12.5. The molecule has 0 radical (unpaired) electrons. The maximum absolute atomic E-state index is 10.7. The van der Waals surface area contributed by atoms with Crippen molar-refractivity contribution in [3.63, 3.8) is 0 Å². The van der Waals surface area contributed by atoms with E-state index in [0.717, 1.165) is 18.7 Å². The van der Waals surface area contributed by atoms with Crippen LogP contribution in [0.4, 0.5) is 0 Å². The van der Waals surface area contributed by atoms with Crippen LogP contribution in [0.15, 0.2) is 0 Å². The predicted octanol–water partition coefficient (Wildman–Crippen LogP) is 1.54. The summed E-state index contributed by atoms with van der Waals surface area (Å²) in [5.41, 5.74) is 0.0102. The van der Waals surface area contributed by atoms with Gasteiger partial charge in [-0.15, -0.1) is 5.10 Å². The minimum Gasteiger partial charge on any atom is -0.481 e. The van der Waals surface area contributed by atoms with Crippen molar-refractivity contribution in [1.29, 1.82) is 0 Å². The van der Waals surface area contributed by atoms with Crippen molar-refractivity contribution in [3.05, 3.63) is 5.82 Å². The van der Waals surface area contributed by atoms with Gasteiger partial charge in [-0.25, -0.2) is 4.68 Å². The first-order chi connectivity index (χ1) is 8.03. The van der Waals surface area contributed by atoms with E-state index in [2.05, 4.69) is 22.4 Å². The van der Waals surface area contributed by atoms with Gasteiger partial charge in [-0.05, 0) is 30.2 Å². The molecule has 1 aliphatic rings. The maximum atomic E-state index is 10.7. The molecule has 1 heterocycles. The number of rotatable bonds is 4. The van der Waals surface area contributed by atoms with Gasteiger partial charge >= 0.3 is 5.97 Å². The van der Waals surface area contributed by atoms with Crippen molar-refractivity contribution < 1.29 is 9.90 Å². The first-order valence-electron chi connectivity index (χ1n) is 6.03. The Morgan fingerprint density at radius 3 is 2.76 bits per heavy atom. The number of carbonyl (C=O) groups is 1. The molecule has 94 valence electrons. The van der Waals surface area contributed by atoms with E-state index in [1.165, 1.54) is 12.8 Å². The monoisotopic (exact) mass is 238 g/mol. The van der Waals surface area contributed by atoms with E-state index in [9.17, 15) is 4.79 Å². The molecular weight excluding hydrogens is 220 g/mol. The first-order valence-corrected chi connectivity index (χ1v) is 6.03. The highest BCUT2D eigenvalue weighted by Gasteiger charge is 2.36. The van der Waals surface area contributed by atoms with Crippen LogP contribution in [0.5, 0.6) is 0 Å². The molecule has 0 bridgehead atoms. The fourth-order valence-electron chi connectivity index (χ4n) is 2.61. The molecule has 1 atom stereocenters. The second kappa shape index (κ2) is 4.43. The standard InChI is InChI=1S/C11H18N4O2/c1-8(7-9(16)17)15-10(12-13-14-15)11(2)5-3-4-6-11/h8H,3-7H2,1-2H3,(H,16,17). The number of carboxylic acids is 1. The van der Waals surface area contributed by atoms with Crippen molar-refractivity contribution in [2.24, 2.45) is 0 Å². The minimum atomic E-state index is -0.824. The third kappa shape index (κ3) is 2.30. The Bertz CT molecular complexity index is 409. The highest BCUT2D eigenvalue weighted by atomic mass is 16.4. The predicted molar refractivity (Wildman–Crippen MR) is 60.6 cm³/mol. The molecule has 6 heteroatoms.